The molecule has 98 valence electrons. The number of ether oxygens (including phenoxy) is 2. The zero-order valence-corrected chi connectivity index (χ0v) is 10.8. The Labute approximate surface area is 104 Å². The first kappa shape index (κ1) is 11.9. The summed E-state index contributed by atoms with van der Waals surface area (Å²) >= 11 is 0. The molecule has 2 heterocycles. The average Bonchev–Trinajstić information content (AvgIpc) is 2.83. The Morgan fingerprint density at radius 3 is 2.76 bits per heavy atom. The molecule has 0 amide bonds. The summed E-state index contributed by atoms with van der Waals surface area (Å²) in [6, 6.07) is 0. The van der Waals surface area contributed by atoms with E-state index in [9.17, 15) is 0 Å². The van der Waals surface area contributed by atoms with Crippen LogP contribution in [0.2, 0.25) is 0 Å². The van der Waals surface area contributed by atoms with Gasteiger partial charge in [-0.25, -0.2) is 0 Å². The highest BCUT2D eigenvalue weighted by atomic mass is 16.5. The van der Waals surface area contributed by atoms with Crippen LogP contribution < -0.4 is 0 Å². The summed E-state index contributed by atoms with van der Waals surface area (Å²) in [6.07, 6.45) is 8.14. The summed E-state index contributed by atoms with van der Waals surface area (Å²) in [5.74, 6) is 0.953. The zero-order chi connectivity index (χ0) is 11.6. The van der Waals surface area contributed by atoms with Gasteiger partial charge in [-0.2, -0.15) is 0 Å². The average molecular weight is 239 g/mol. The van der Waals surface area contributed by atoms with Crippen LogP contribution in [0, 0.1) is 5.92 Å². The molecule has 17 heavy (non-hydrogen) atoms. The minimum absolute atomic E-state index is 0.0368. The van der Waals surface area contributed by atoms with Crippen molar-refractivity contribution in [2.45, 2.75) is 44.1 Å². The molecule has 3 heteroatoms. The lowest BCUT2D eigenvalue weighted by Gasteiger charge is -2.45. The van der Waals surface area contributed by atoms with Gasteiger partial charge in [0.25, 0.3) is 0 Å². The van der Waals surface area contributed by atoms with Crippen LogP contribution >= 0.6 is 0 Å². The fourth-order valence-electron chi connectivity index (χ4n) is 3.70. The van der Waals surface area contributed by atoms with Crippen molar-refractivity contribution in [3.05, 3.63) is 0 Å². The molecule has 0 aromatic rings. The Balaban J connectivity index is 1.55. The van der Waals surface area contributed by atoms with Crippen LogP contribution in [0.15, 0.2) is 0 Å². The molecule has 1 saturated carbocycles. The maximum Gasteiger partial charge on any atom is 0.104 e. The van der Waals surface area contributed by atoms with E-state index in [1.807, 2.05) is 0 Å². The highest BCUT2D eigenvalue weighted by molar-refractivity contribution is 4.90. The summed E-state index contributed by atoms with van der Waals surface area (Å²) in [4.78, 5) is 2.63. The van der Waals surface area contributed by atoms with Gasteiger partial charge in [0.05, 0.1) is 13.2 Å². The topological polar surface area (TPSA) is 21.7 Å². The minimum atomic E-state index is 0.0368. The molecule has 3 fully saturated rings. The SMILES string of the molecule is C1CCC(CN2CCOC3(CCCOC3)C2)C1. The first-order valence-corrected chi connectivity index (χ1v) is 7.30. The highest BCUT2D eigenvalue weighted by Gasteiger charge is 2.39. The van der Waals surface area contributed by atoms with Crippen molar-refractivity contribution < 1.29 is 9.47 Å². The lowest BCUT2D eigenvalue weighted by atomic mass is 9.93. The maximum atomic E-state index is 6.03. The predicted octanol–water partition coefficient (Wildman–Crippen LogP) is 2.06. The molecule has 0 aromatic carbocycles. The van der Waals surface area contributed by atoms with E-state index >= 15 is 0 Å². The standard InChI is InChI=1S/C14H25NO2/c1-2-5-13(4-1)10-15-7-9-17-14(11-15)6-3-8-16-12-14/h13H,1-12H2. The van der Waals surface area contributed by atoms with Crippen LogP contribution in [0.25, 0.3) is 0 Å². The van der Waals surface area contributed by atoms with Gasteiger partial charge in [-0.3, -0.25) is 4.90 Å². The van der Waals surface area contributed by atoms with E-state index in [1.54, 1.807) is 0 Å². The van der Waals surface area contributed by atoms with Crippen molar-refractivity contribution in [2.24, 2.45) is 5.92 Å². The number of nitrogens with zero attached hydrogens (tertiary/aromatic N) is 1. The number of hydrogen-bond acceptors (Lipinski definition) is 3. The second-order valence-electron chi connectivity index (χ2n) is 6.07. The molecule has 3 aliphatic rings. The van der Waals surface area contributed by atoms with Crippen LogP contribution in [0.4, 0.5) is 0 Å². The van der Waals surface area contributed by atoms with Crippen LogP contribution in [-0.4, -0.2) is 50.0 Å². The van der Waals surface area contributed by atoms with E-state index in [1.165, 1.54) is 38.6 Å². The predicted molar refractivity (Wildman–Crippen MR) is 67.1 cm³/mol. The van der Waals surface area contributed by atoms with Crippen molar-refractivity contribution >= 4 is 0 Å². The van der Waals surface area contributed by atoms with Gasteiger partial charge in [0.15, 0.2) is 0 Å². The third-order valence-corrected chi connectivity index (χ3v) is 4.60. The molecule has 1 spiro atoms. The van der Waals surface area contributed by atoms with Crippen molar-refractivity contribution in [3.63, 3.8) is 0 Å². The van der Waals surface area contributed by atoms with Crippen LogP contribution in [0.3, 0.4) is 0 Å². The lowest BCUT2D eigenvalue weighted by molar-refractivity contribution is -0.169. The molecule has 2 aliphatic heterocycles. The number of rotatable bonds is 2. The summed E-state index contributed by atoms with van der Waals surface area (Å²) < 4.78 is 11.7. The van der Waals surface area contributed by atoms with Gasteiger partial charge in [-0.15, -0.1) is 0 Å². The summed E-state index contributed by atoms with van der Waals surface area (Å²) in [6.45, 7) is 6.16. The molecule has 0 bridgehead atoms. The normalized spacial score (nSPS) is 36.7. The van der Waals surface area contributed by atoms with Gasteiger partial charge >= 0.3 is 0 Å². The van der Waals surface area contributed by atoms with Crippen molar-refractivity contribution in [2.75, 3.05) is 39.5 Å². The fourth-order valence-corrected chi connectivity index (χ4v) is 3.70. The second kappa shape index (κ2) is 5.25. The summed E-state index contributed by atoms with van der Waals surface area (Å²) in [5, 5.41) is 0. The van der Waals surface area contributed by atoms with Gasteiger partial charge in [-0.1, -0.05) is 12.8 Å². The lowest BCUT2D eigenvalue weighted by Crippen LogP contribution is -2.56. The Morgan fingerprint density at radius 2 is 2.00 bits per heavy atom. The quantitative estimate of drug-likeness (QED) is 0.736. The van der Waals surface area contributed by atoms with Crippen molar-refractivity contribution in [1.82, 2.24) is 4.90 Å². The summed E-state index contributed by atoms with van der Waals surface area (Å²) in [5.41, 5.74) is 0.0368. The molecule has 3 rings (SSSR count). The number of hydrogen-bond donors (Lipinski definition) is 0. The molecular weight excluding hydrogens is 214 g/mol. The molecule has 1 unspecified atom stereocenters. The first-order valence-electron chi connectivity index (χ1n) is 7.30. The first-order chi connectivity index (χ1) is 8.36. The van der Waals surface area contributed by atoms with Gasteiger partial charge in [0, 0.05) is 26.2 Å². The van der Waals surface area contributed by atoms with Gasteiger partial charge < -0.3 is 9.47 Å². The van der Waals surface area contributed by atoms with E-state index in [0.29, 0.717) is 0 Å². The van der Waals surface area contributed by atoms with Gasteiger partial charge in [-0.05, 0) is 31.6 Å². The number of morpholine rings is 1. The van der Waals surface area contributed by atoms with Crippen LogP contribution in [0.1, 0.15) is 38.5 Å². The molecule has 2 saturated heterocycles. The van der Waals surface area contributed by atoms with Crippen LogP contribution in [-0.2, 0) is 9.47 Å². The minimum Gasteiger partial charge on any atom is -0.378 e. The van der Waals surface area contributed by atoms with E-state index < -0.39 is 0 Å². The Hall–Kier alpha value is -0.120. The Kier molecular flexibility index (Phi) is 3.69. The molecule has 0 radical (unpaired) electrons. The molecular formula is C14H25NO2. The van der Waals surface area contributed by atoms with E-state index in [2.05, 4.69) is 4.90 Å². The second-order valence-corrected chi connectivity index (χ2v) is 6.07. The van der Waals surface area contributed by atoms with E-state index in [0.717, 1.165) is 45.2 Å². The third kappa shape index (κ3) is 2.83. The Bertz CT molecular complexity index is 239. The molecule has 1 aliphatic carbocycles. The molecule has 3 nitrogen and oxygen atoms in total. The maximum absolute atomic E-state index is 6.03. The fraction of sp³-hybridized carbons (Fsp3) is 1.00. The van der Waals surface area contributed by atoms with Crippen LogP contribution in [0.5, 0.6) is 0 Å². The zero-order valence-electron chi connectivity index (χ0n) is 10.8. The van der Waals surface area contributed by atoms with Crippen molar-refractivity contribution in [3.8, 4) is 0 Å². The van der Waals surface area contributed by atoms with Crippen molar-refractivity contribution in [1.29, 1.82) is 0 Å². The Morgan fingerprint density at radius 1 is 1.12 bits per heavy atom. The van der Waals surface area contributed by atoms with E-state index in [4.69, 9.17) is 9.47 Å². The van der Waals surface area contributed by atoms with Gasteiger partial charge in [0.1, 0.15) is 5.60 Å². The largest absolute Gasteiger partial charge is 0.378 e. The molecule has 0 aromatic heterocycles. The van der Waals surface area contributed by atoms with E-state index in [-0.39, 0.29) is 5.60 Å². The summed E-state index contributed by atoms with van der Waals surface area (Å²) in [7, 11) is 0. The monoisotopic (exact) mass is 239 g/mol. The van der Waals surface area contributed by atoms with Gasteiger partial charge in [0.2, 0.25) is 0 Å². The highest BCUT2D eigenvalue weighted by Crippen LogP contribution is 2.30. The molecule has 1 atom stereocenters. The third-order valence-electron chi connectivity index (χ3n) is 4.60. The molecule has 0 N–H and O–H groups in total. The smallest absolute Gasteiger partial charge is 0.104 e.